The summed E-state index contributed by atoms with van der Waals surface area (Å²) in [6.45, 7) is 0.183. The van der Waals surface area contributed by atoms with Gasteiger partial charge in [-0.25, -0.2) is 0 Å². The van der Waals surface area contributed by atoms with Gasteiger partial charge in [-0.2, -0.15) is 0 Å². The molecule has 0 unspecified atom stereocenters. The monoisotopic (exact) mass is 220 g/mol. The lowest BCUT2D eigenvalue weighted by atomic mass is 10.3. The van der Waals surface area contributed by atoms with Crippen LogP contribution >= 0.6 is 0 Å². The Bertz CT molecular complexity index is 398. The summed E-state index contributed by atoms with van der Waals surface area (Å²) in [4.78, 5) is 23.8. The quantitative estimate of drug-likeness (QED) is 0.586. The molecule has 5 nitrogen and oxygen atoms in total. The van der Waals surface area contributed by atoms with E-state index in [2.05, 4.69) is 5.32 Å². The summed E-state index contributed by atoms with van der Waals surface area (Å²) in [7, 11) is 0. The Hall–Kier alpha value is -2.04. The number of rotatable bonds is 3. The third kappa shape index (κ3) is 2.13. The molecular weight excluding hydrogens is 208 g/mol. The Morgan fingerprint density at radius 2 is 1.69 bits per heavy atom. The van der Waals surface area contributed by atoms with Crippen LogP contribution in [0.2, 0.25) is 0 Å². The average Bonchev–Trinajstić information content (AvgIpc) is 2.59. The van der Waals surface area contributed by atoms with E-state index in [0.717, 1.165) is 5.69 Å². The second kappa shape index (κ2) is 4.22. The highest BCUT2D eigenvalue weighted by molar-refractivity contribution is 6.02. The maximum atomic E-state index is 11.3. The number of carbonyl (C=O) groups is 2. The van der Waals surface area contributed by atoms with Gasteiger partial charge in [0.2, 0.25) is 11.8 Å². The Morgan fingerprint density at radius 1 is 1.12 bits per heavy atom. The van der Waals surface area contributed by atoms with Crippen LogP contribution in [0.4, 0.5) is 5.69 Å². The van der Waals surface area contributed by atoms with Crippen molar-refractivity contribution in [3.05, 3.63) is 24.3 Å². The van der Waals surface area contributed by atoms with Gasteiger partial charge >= 0.3 is 0 Å². The minimum Gasteiger partial charge on any atom is -0.508 e. The third-order valence-corrected chi connectivity index (χ3v) is 2.46. The number of amides is 2. The van der Waals surface area contributed by atoms with Crippen molar-refractivity contribution in [3.63, 3.8) is 0 Å². The highest BCUT2D eigenvalue weighted by atomic mass is 16.3. The van der Waals surface area contributed by atoms with E-state index >= 15 is 0 Å². The van der Waals surface area contributed by atoms with E-state index in [0.29, 0.717) is 12.8 Å². The van der Waals surface area contributed by atoms with Crippen LogP contribution in [0.5, 0.6) is 5.75 Å². The van der Waals surface area contributed by atoms with Gasteiger partial charge in [-0.15, -0.1) is 0 Å². The van der Waals surface area contributed by atoms with Gasteiger partial charge in [0.1, 0.15) is 5.75 Å². The number of hydrogen-bond acceptors (Lipinski definition) is 4. The van der Waals surface area contributed by atoms with Crippen molar-refractivity contribution in [2.75, 3.05) is 12.0 Å². The second-order valence-electron chi connectivity index (χ2n) is 3.60. The van der Waals surface area contributed by atoms with Crippen molar-refractivity contribution in [1.29, 1.82) is 0 Å². The first kappa shape index (κ1) is 10.5. The summed E-state index contributed by atoms with van der Waals surface area (Å²) < 4.78 is 0. The molecule has 1 heterocycles. The normalized spacial score (nSPS) is 15.6. The number of phenols is 1. The Labute approximate surface area is 92.7 Å². The van der Waals surface area contributed by atoms with Crippen LogP contribution in [0.25, 0.3) is 0 Å². The number of phenolic OH excluding ortho intramolecular Hbond substituents is 1. The number of imide groups is 1. The SMILES string of the molecule is O=C1CCC(=O)N1CNc1ccc(O)cc1. The largest absolute Gasteiger partial charge is 0.508 e. The first-order valence-corrected chi connectivity index (χ1v) is 5.03. The molecule has 0 aliphatic carbocycles. The smallest absolute Gasteiger partial charge is 0.231 e. The first-order valence-electron chi connectivity index (χ1n) is 5.03. The van der Waals surface area contributed by atoms with E-state index in [4.69, 9.17) is 5.11 Å². The van der Waals surface area contributed by atoms with Crippen LogP contribution in [0.1, 0.15) is 12.8 Å². The van der Waals surface area contributed by atoms with Crippen molar-refractivity contribution in [3.8, 4) is 5.75 Å². The first-order chi connectivity index (χ1) is 7.66. The molecule has 1 aliphatic rings. The predicted octanol–water partition coefficient (Wildman–Crippen LogP) is 0.911. The Balaban J connectivity index is 1.94. The minimum atomic E-state index is -0.142. The van der Waals surface area contributed by atoms with Crippen LogP contribution in [0.3, 0.4) is 0 Å². The van der Waals surface area contributed by atoms with E-state index in [-0.39, 0.29) is 24.2 Å². The topological polar surface area (TPSA) is 69.6 Å². The molecule has 5 heteroatoms. The van der Waals surface area contributed by atoms with E-state index < -0.39 is 0 Å². The molecule has 1 fully saturated rings. The maximum absolute atomic E-state index is 11.3. The third-order valence-electron chi connectivity index (χ3n) is 2.46. The molecular formula is C11H12N2O3. The van der Waals surface area contributed by atoms with Gasteiger partial charge in [-0.3, -0.25) is 14.5 Å². The zero-order valence-corrected chi connectivity index (χ0v) is 8.64. The predicted molar refractivity (Wildman–Crippen MR) is 57.7 cm³/mol. The molecule has 0 aromatic heterocycles. The number of carbonyl (C=O) groups excluding carboxylic acids is 2. The van der Waals surface area contributed by atoms with Crippen molar-refractivity contribution >= 4 is 17.5 Å². The van der Waals surface area contributed by atoms with Crippen LogP contribution < -0.4 is 5.32 Å². The number of benzene rings is 1. The summed E-state index contributed by atoms with van der Waals surface area (Å²) in [5.41, 5.74) is 0.755. The van der Waals surface area contributed by atoms with Gasteiger partial charge in [0, 0.05) is 18.5 Å². The molecule has 1 saturated heterocycles. The summed E-state index contributed by atoms with van der Waals surface area (Å²) >= 11 is 0. The molecule has 0 bridgehead atoms. The Kier molecular flexibility index (Phi) is 2.76. The van der Waals surface area contributed by atoms with Crippen molar-refractivity contribution < 1.29 is 14.7 Å². The van der Waals surface area contributed by atoms with Crippen molar-refractivity contribution in [2.24, 2.45) is 0 Å². The molecule has 0 atom stereocenters. The van der Waals surface area contributed by atoms with Gasteiger partial charge < -0.3 is 10.4 Å². The lowest BCUT2D eigenvalue weighted by molar-refractivity contribution is -0.137. The number of aromatic hydroxyl groups is 1. The van der Waals surface area contributed by atoms with Gasteiger partial charge in [0.25, 0.3) is 0 Å². The van der Waals surface area contributed by atoms with Crippen molar-refractivity contribution in [1.82, 2.24) is 4.90 Å². The van der Waals surface area contributed by atoms with E-state index in [9.17, 15) is 9.59 Å². The zero-order chi connectivity index (χ0) is 11.5. The Morgan fingerprint density at radius 3 is 2.25 bits per heavy atom. The number of anilines is 1. The van der Waals surface area contributed by atoms with Crippen LogP contribution in [-0.2, 0) is 9.59 Å². The molecule has 0 radical (unpaired) electrons. The van der Waals surface area contributed by atoms with Crippen molar-refractivity contribution in [2.45, 2.75) is 12.8 Å². The lowest BCUT2D eigenvalue weighted by Gasteiger charge is -2.15. The van der Waals surface area contributed by atoms with Gasteiger partial charge in [-0.05, 0) is 24.3 Å². The minimum absolute atomic E-state index is 0.142. The summed E-state index contributed by atoms with van der Waals surface area (Å²) in [6.07, 6.45) is 0.603. The number of hydrogen-bond donors (Lipinski definition) is 2. The molecule has 2 N–H and O–H groups in total. The molecule has 0 saturated carbocycles. The maximum Gasteiger partial charge on any atom is 0.231 e. The number of likely N-dealkylation sites (tertiary alicyclic amines) is 1. The van der Waals surface area contributed by atoms with Crippen LogP contribution in [-0.4, -0.2) is 28.5 Å². The summed E-state index contributed by atoms with van der Waals surface area (Å²) in [5.74, 6) is -0.105. The van der Waals surface area contributed by atoms with Gasteiger partial charge in [0.15, 0.2) is 0 Å². The molecule has 1 aromatic carbocycles. The number of nitrogens with one attached hydrogen (secondary N) is 1. The molecule has 1 aromatic rings. The zero-order valence-electron chi connectivity index (χ0n) is 8.64. The summed E-state index contributed by atoms with van der Waals surface area (Å²) in [5, 5.41) is 12.0. The fraction of sp³-hybridized carbons (Fsp3) is 0.273. The van der Waals surface area contributed by atoms with E-state index in [1.165, 1.54) is 17.0 Å². The molecule has 1 aliphatic heterocycles. The fourth-order valence-corrected chi connectivity index (χ4v) is 1.55. The molecule has 16 heavy (non-hydrogen) atoms. The fourth-order valence-electron chi connectivity index (χ4n) is 1.55. The van der Waals surface area contributed by atoms with Crippen LogP contribution in [0.15, 0.2) is 24.3 Å². The molecule has 2 amide bonds. The summed E-state index contributed by atoms with van der Waals surface area (Å²) in [6, 6.07) is 6.44. The number of nitrogens with zero attached hydrogens (tertiary/aromatic N) is 1. The highest BCUT2D eigenvalue weighted by Gasteiger charge is 2.28. The second-order valence-corrected chi connectivity index (χ2v) is 3.60. The van der Waals surface area contributed by atoms with Gasteiger partial charge in [-0.1, -0.05) is 0 Å². The van der Waals surface area contributed by atoms with Gasteiger partial charge in [0.05, 0.1) is 6.67 Å². The molecule has 2 rings (SSSR count). The van der Waals surface area contributed by atoms with E-state index in [1.54, 1.807) is 12.1 Å². The lowest BCUT2D eigenvalue weighted by Crippen LogP contribution is -2.33. The van der Waals surface area contributed by atoms with Crippen LogP contribution in [0, 0.1) is 0 Å². The average molecular weight is 220 g/mol. The molecule has 0 spiro atoms. The van der Waals surface area contributed by atoms with E-state index in [1.807, 2.05) is 0 Å². The molecule has 84 valence electrons. The standard InChI is InChI=1S/C11H12N2O3/c14-9-3-1-8(2-4-9)12-7-13-10(15)5-6-11(13)16/h1-4,12,14H,5-7H2. The highest BCUT2D eigenvalue weighted by Crippen LogP contribution is 2.15.